The molecule has 0 aliphatic heterocycles. The van der Waals surface area contributed by atoms with Crippen LogP contribution in [-0.2, 0) is 4.43 Å². The summed E-state index contributed by atoms with van der Waals surface area (Å²) in [7, 11) is -1.76. The second-order valence-corrected chi connectivity index (χ2v) is 11.8. The third kappa shape index (κ3) is 6.35. The fourth-order valence-electron chi connectivity index (χ4n) is 1.73. The summed E-state index contributed by atoms with van der Waals surface area (Å²) in [6.45, 7) is 15.3. The Morgan fingerprint density at radius 3 is 2.06 bits per heavy atom. The second kappa shape index (κ2) is 7.66. The van der Waals surface area contributed by atoms with E-state index in [9.17, 15) is 5.11 Å². The molecule has 0 saturated heterocycles. The summed E-state index contributed by atoms with van der Waals surface area (Å²) in [6.07, 6.45) is 5.60. The van der Waals surface area contributed by atoms with E-state index >= 15 is 0 Å². The van der Waals surface area contributed by atoms with Gasteiger partial charge in [0.25, 0.3) is 0 Å². The van der Waals surface area contributed by atoms with Gasteiger partial charge < -0.3 is 9.53 Å². The zero-order valence-corrected chi connectivity index (χ0v) is 14.5. The Kier molecular flexibility index (Phi) is 7.72. The van der Waals surface area contributed by atoms with Gasteiger partial charge in [-0.3, -0.25) is 0 Å². The number of hydrogen-bond acceptors (Lipinski definition) is 2. The molecule has 2 nitrogen and oxygen atoms in total. The highest BCUT2D eigenvalue weighted by Crippen LogP contribution is 2.38. The van der Waals surface area contributed by atoms with Crippen LogP contribution in [-0.4, -0.2) is 25.6 Å². The lowest BCUT2D eigenvalue weighted by molar-refractivity contribution is 0.0326. The molecule has 0 radical (unpaired) electrons. The highest BCUT2D eigenvalue weighted by atomic mass is 28.4. The molecule has 0 heterocycles. The van der Waals surface area contributed by atoms with Gasteiger partial charge in [-0.1, -0.05) is 53.4 Å². The molecule has 0 aromatic heterocycles. The van der Waals surface area contributed by atoms with Crippen LogP contribution >= 0.6 is 0 Å². The average molecular weight is 275 g/mol. The van der Waals surface area contributed by atoms with Gasteiger partial charge in [0.15, 0.2) is 8.32 Å². The van der Waals surface area contributed by atoms with Crippen molar-refractivity contribution in [2.45, 2.75) is 97.1 Å². The van der Waals surface area contributed by atoms with Gasteiger partial charge in [-0.2, -0.15) is 0 Å². The van der Waals surface area contributed by atoms with E-state index in [2.05, 4.69) is 40.8 Å². The first kappa shape index (κ1) is 18.1. The zero-order valence-electron chi connectivity index (χ0n) is 13.5. The quantitative estimate of drug-likeness (QED) is 0.512. The summed E-state index contributed by atoms with van der Waals surface area (Å²) in [5, 5.41) is 10.1. The van der Waals surface area contributed by atoms with Crippen molar-refractivity contribution in [2.24, 2.45) is 0 Å². The Bertz CT molecular complexity index is 219. The maximum Gasteiger partial charge on any atom is 0.192 e. The minimum absolute atomic E-state index is 0.0164. The minimum Gasteiger partial charge on any atom is -0.411 e. The number of aliphatic hydroxyl groups excluding tert-OH is 1. The van der Waals surface area contributed by atoms with Crippen LogP contribution in [0.15, 0.2) is 0 Å². The van der Waals surface area contributed by atoms with Gasteiger partial charge in [0.05, 0.1) is 12.2 Å². The zero-order chi connectivity index (χ0) is 14.4. The second-order valence-electron chi connectivity index (χ2n) is 7.01. The highest BCUT2D eigenvalue weighted by molar-refractivity contribution is 6.74. The summed E-state index contributed by atoms with van der Waals surface area (Å²) in [5.41, 5.74) is 0. The molecule has 0 fully saturated rings. The Morgan fingerprint density at radius 1 is 1.11 bits per heavy atom. The van der Waals surface area contributed by atoms with Gasteiger partial charge in [0.2, 0.25) is 0 Å². The number of hydrogen-bond donors (Lipinski definition) is 1. The van der Waals surface area contributed by atoms with Crippen molar-refractivity contribution >= 4 is 8.32 Å². The van der Waals surface area contributed by atoms with E-state index < -0.39 is 8.32 Å². The van der Waals surface area contributed by atoms with E-state index in [1.807, 2.05) is 6.92 Å². The molecule has 0 unspecified atom stereocenters. The smallest absolute Gasteiger partial charge is 0.192 e. The molecule has 0 amide bonds. The molecule has 2 atom stereocenters. The van der Waals surface area contributed by atoms with Gasteiger partial charge in [0.1, 0.15) is 0 Å². The van der Waals surface area contributed by atoms with Crippen LogP contribution in [0.25, 0.3) is 0 Å². The summed E-state index contributed by atoms with van der Waals surface area (Å²) < 4.78 is 6.33. The van der Waals surface area contributed by atoms with Crippen molar-refractivity contribution in [1.82, 2.24) is 0 Å². The largest absolute Gasteiger partial charge is 0.411 e. The molecule has 18 heavy (non-hydrogen) atoms. The first-order chi connectivity index (χ1) is 8.12. The van der Waals surface area contributed by atoms with Gasteiger partial charge in [0, 0.05) is 0 Å². The topological polar surface area (TPSA) is 29.5 Å². The van der Waals surface area contributed by atoms with Crippen molar-refractivity contribution in [2.75, 3.05) is 0 Å². The van der Waals surface area contributed by atoms with Crippen LogP contribution in [0.2, 0.25) is 18.1 Å². The van der Waals surface area contributed by atoms with Gasteiger partial charge in [-0.25, -0.2) is 0 Å². The summed E-state index contributed by atoms with van der Waals surface area (Å²) in [6, 6.07) is 0. The minimum atomic E-state index is -1.76. The lowest BCUT2D eigenvalue weighted by Gasteiger charge is -2.40. The molecule has 0 aliphatic carbocycles. The average Bonchev–Trinajstić information content (AvgIpc) is 2.20. The summed E-state index contributed by atoms with van der Waals surface area (Å²) in [5.74, 6) is 0. The summed E-state index contributed by atoms with van der Waals surface area (Å²) >= 11 is 0. The predicted octanol–water partition coefficient (Wildman–Crippen LogP) is 4.73. The van der Waals surface area contributed by atoms with Gasteiger partial charge >= 0.3 is 0 Å². The van der Waals surface area contributed by atoms with Crippen LogP contribution < -0.4 is 0 Å². The molecule has 0 aliphatic rings. The molecule has 1 N–H and O–H groups in total. The van der Waals surface area contributed by atoms with E-state index in [1.165, 1.54) is 19.3 Å². The molecule has 0 spiro atoms. The highest BCUT2D eigenvalue weighted by Gasteiger charge is 2.39. The van der Waals surface area contributed by atoms with E-state index in [-0.39, 0.29) is 17.2 Å². The van der Waals surface area contributed by atoms with E-state index in [0.717, 1.165) is 12.8 Å². The Morgan fingerprint density at radius 2 is 1.67 bits per heavy atom. The SMILES string of the molecule is CCCCCC[C@H](O[Si](C)(C)C(C)(C)C)[C@H](C)O. The van der Waals surface area contributed by atoms with Crippen molar-refractivity contribution in [1.29, 1.82) is 0 Å². The molecule has 0 rings (SSSR count). The van der Waals surface area contributed by atoms with E-state index in [1.54, 1.807) is 0 Å². The van der Waals surface area contributed by atoms with Gasteiger partial charge in [-0.15, -0.1) is 0 Å². The maximum absolute atomic E-state index is 9.89. The first-order valence-electron chi connectivity index (χ1n) is 7.47. The molecule has 110 valence electrons. The fraction of sp³-hybridized carbons (Fsp3) is 1.00. The molecular weight excluding hydrogens is 240 g/mol. The van der Waals surface area contributed by atoms with Gasteiger partial charge in [-0.05, 0) is 31.5 Å². The molecule has 0 saturated carbocycles. The van der Waals surface area contributed by atoms with Crippen molar-refractivity contribution < 1.29 is 9.53 Å². The van der Waals surface area contributed by atoms with Crippen molar-refractivity contribution in [3.63, 3.8) is 0 Å². The monoisotopic (exact) mass is 274 g/mol. The Labute approximate surface area is 115 Å². The van der Waals surface area contributed by atoms with Crippen LogP contribution in [0.3, 0.4) is 0 Å². The third-order valence-corrected chi connectivity index (χ3v) is 8.64. The molecule has 0 bridgehead atoms. The fourth-order valence-corrected chi connectivity index (χ4v) is 3.15. The number of unbranched alkanes of at least 4 members (excludes halogenated alkanes) is 3. The van der Waals surface area contributed by atoms with E-state index in [0.29, 0.717) is 0 Å². The predicted molar refractivity (Wildman–Crippen MR) is 82.5 cm³/mol. The van der Waals surface area contributed by atoms with Crippen LogP contribution in [0, 0.1) is 0 Å². The lowest BCUT2D eigenvalue weighted by Crippen LogP contribution is -2.46. The molecule has 0 aromatic rings. The first-order valence-corrected chi connectivity index (χ1v) is 10.4. The van der Waals surface area contributed by atoms with Crippen LogP contribution in [0.4, 0.5) is 0 Å². The molecular formula is C15H34O2Si. The van der Waals surface area contributed by atoms with Crippen LogP contribution in [0.5, 0.6) is 0 Å². The molecule has 3 heteroatoms. The number of aliphatic hydroxyl groups is 1. The standard InChI is InChI=1S/C15H34O2Si/c1-8-9-10-11-12-14(13(2)16)17-18(6,7)15(3,4)5/h13-14,16H,8-12H2,1-7H3/t13-,14-/m0/s1. The maximum atomic E-state index is 9.89. The third-order valence-electron chi connectivity index (χ3n) is 4.13. The Hall–Kier alpha value is 0.137. The van der Waals surface area contributed by atoms with Crippen molar-refractivity contribution in [3.8, 4) is 0 Å². The van der Waals surface area contributed by atoms with Crippen LogP contribution in [0.1, 0.15) is 66.7 Å². The lowest BCUT2D eigenvalue weighted by atomic mass is 10.1. The number of rotatable bonds is 8. The molecule has 0 aromatic carbocycles. The van der Waals surface area contributed by atoms with E-state index in [4.69, 9.17) is 4.43 Å². The Balaban J connectivity index is 4.36. The van der Waals surface area contributed by atoms with Crippen molar-refractivity contribution in [3.05, 3.63) is 0 Å². The normalized spacial score (nSPS) is 16.7. The summed E-state index contributed by atoms with van der Waals surface area (Å²) in [4.78, 5) is 0.